The average Bonchev–Trinajstić information content (AvgIpc) is 3.16. The molecule has 0 aromatic carbocycles. The molecule has 3 heterocycles. The molecule has 0 saturated carbocycles. The number of nitrogens with zero attached hydrogens (tertiary/aromatic N) is 3. The lowest BCUT2D eigenvalue weighted by molar-refractivity contribution is -0.142. The van der Waals surface area contributed by atoms with Crippen molar-refractivity contribution in [2.75, 3.05) is 36.9 Å². The van der Waals surface area contributed by atoms with Crippen LogP contribution in [0.4, 0.5) is 13.2 Å². The molecule has 5 nitrogen and oxygen atoms in total. The zero-order valence-electron chi connectivity index (χ0n) is 14.6. The minimum Gasteiger partial charge on any atom is -0.339 e. The Morgan fingerprint density at radius 1 is 1.22 bits per heavy atom. The molecule has 2 aliphatic rings. The first-order chi connectivity index (χ1) is 12.9. The maximum absolute atomic E-state index is 12.7. The van der Waals surface area contributed by atoms with Crippen LogP contribution in [-0.2, 0) is 15.8 Å². The smallest absolute Gasteiger partial charge is 0.339 e. The molecule has 2 aliphatic heterocycles. The fourth-order valence-corrected chi connectivity index (χ4v) is 4.80. The fourth-order valence-electron chi connectivity index (χ4n) is 3.17. The second-order valence-electron chi connectivity index (χ2n) is 6.35. The summed E-state index contributed by atoms with van der Waals surface area (Å²) in [5, 5.41) is 0.353. The van der Waals surface area contributed by atoms with Crippen LogP contribution in [0.5, 0.6) is 0 Å². The van der Waals surface area contributed by atoms with Gasteiger partial charge in [-0.25, -0.2) is 4.98 Å². The summed E-state index contributed by atoms with van der Waals surface area (Å²) in [6, 6.07) is 1.80. The summed E-state index contributed by atoms with van der Waals surface area (Å²) in [7, 11) is 0. The molecule has 2 fully saturated rings. The lowest BCUT2D eigenvalue weighted by atomic mass is 10.2. The number of likely N-dealkylation sites (tertiary alicyclic amines) is 1. The first-order valence-electron chi connectivity index (χ1n) is 8.68. The maximum Gasteiger partial charge on any atom is 0.417 e. The molecule has 0 N–H and O–H groups in total. The maximum atomic E-state index is 12.7. The zero-order chi connectivity index (χ0) is 19.4. The number of alkyl halides is 3. The van der Waals surface area contributed by atoms with E-state index >= 15 is 0 Å². The molecule has 27 heavy (non-hydrogen) atoms. The van der Waals surface area contributed by atoms with Crippen molar-refractivity contribution in [2.24, 2.45) is 0 Å². The molecule has 3 rings (SSSR count). The van der Waals surface area contributed by atoms with Gasteiger partial charge in [0.25, 0.3) is 0 Å². The molecule has 0 bridgehead atoms. The van der Waals surface area contributed by atoms with Crippen molar-refractivity contribution in [3.05, 3.63) is 23.9 Å². The number of hydrogen-bond acceptors (Lipinski definition) is 5. The molecule has 2 saturated heterocycles. The predicted octanol–water partition coefficient (Wildman–Crippen LogP) is 2.76. The van der Waals surface area contributed by atoms with Crippen molar-refractivity contribution in [1.82, 2.24) is 14.8 Å². The van der Waals surface area contributed by atoms with Crippen molar-refractivity contribution in [1.29, 1.82) is 0 Å². The molecule has 10 heteroatoms. The third kappa shape index (κ3) is 5.10. The van der Waals surface area contributed by atoms with E-state index in [4.69, 9.17) is 0 Å². The summed E-state index contributed by atoms with van der Waals surface area (Å²) in [5.74, 6) is 1.73. The average molecular weight is 419 g/mol. The highest BCUT2D eigenvalue weighted by Gasteiger charge is 2.36. The van der Waals surface area contributed by atoms with Gasteiger partial charge in [-0.2, -0.15) is 24.9 Å². The first kappa shape index (κ1) is 20.3. The normalized spacial score (nSPS) is 20.8. The highest BCUT2D eigenvalue weighted by atomic mass is 32.2. The van der Waals surface area contributed by atoms with Gasteiger partial charge in [-0.3, -0.25) is 9.59 Å². The molecule has 1 aromatic rings. The summed E-state index contributed by atoms with van der Waals surface area (Å²) in [6.07, 6.45) is -2.21. The Balaban J connectivity index is 1.56. The summed E-state index contributed by atoms with van der Waals surface area (Å²) in [4.78, 5) is 32.5. The molecule has 0 radical (unpaired) electrons. The predicted molar refractivity (Wildman–Crippen MR) is 98.6 cm³/mol. The monoisotopic (exact) mass is 419 g/mol. The number of thioether (sulfide) groups is 2. The van der Waals surface area contributed by atoms with E-state index in [1.807, 2.05) is 16.7 Å². The van der Waals surface area contributed by atoms with Gasteiger partial charge in [0.05, 0.1) is 16.3 Å². The van der Waals surface area contributed by atoms with Gasteiger partial charge in [0, 0.05) is 37.3 Å². The molecule has 2 amide bonds. The topological polar surface area (TPSA) is 53.5 Å². The largest absolute Gasteiger partial charge is 0.417 e. The number of hydrogen-bond donors (Lipinski definition) is 0. The summed E-state index contributed by atoms with van der Waals surface area (Å²) >= 11 is 2.90. The first-order valence-corrected chi connectivity index (χ1v) is 10.8. The van der Waals surface area contributed by atoms with Crippen LogP contribution in [0, 0.1) is 0 Å². The van der Waals surface area contributed by atoms with Crippen LogP contribution >= 0.6 is 23.5 Å². The van der Waals surface area contributed by atoms with Crippen LogP contribution in [0.1, 0.15) is 18.4 Å². The number of aromatic nitrogens is 1. The van der Waals surface area contributed by atoms with Crippen molar-refractivity contribution >= 4 is 35.3 Å². The standard InChI is InChI=1S/C17H20F3N3O2S2/c18-17(19,20)12-3-4-14(21-10-12)27-11-15(24)23-5-1-2-13(23)16(25)22-6-8-26-9-7-22/h3-4,10,13H,1-2,5-9,11H2/t13-/m1/s1. The van der Waals surface area contributed by atoms with E-state index in [1.165, 1.54) is 6.07 Å². The summed E-state index contributed by atoms with van der Waals surface area (Å²) < 4.78 is 37.7. The molecule has 0 spiro atoms. The number of amides is 2. The van der Waals surface area contributed by atoms with E-state index in [0.29, 0.717) is 31.1 Å². The van der Waals surface area contributed by atoms with Gasteiger partial charge in [0.15, 0.2) is 0 Å². The van der Waals surface area contributed by atoms with Crippen molar-refractivity contribution < 1.29 is 22.8 Å². The molecule has 1 aromatic heterocycles. The van der Waals surface area contributed by atoms with Gasteiger partial charge in [-0.15, -0.1) is 0 Å². The van der Waals surface area contributed by atoms with Crippen LogP contribution in [-0.4, -0.2) is 69.5 Å². The SMILES string of the molecule is O=C([C@H]1CCCN1C(=O)CSc1ccc(C(F)(F)F)cn1)N1CCSCC1. The Kier molecular flexibility index (Phi) is 6.56. The van der Waals surface area contributed by atoms with Crippen LogP contribution in [0.15, 0.2) is 23.4 Å². The molecular weight excluding hydrogens is 399 g/mol. The summed E-state index contributed by atoms with van der Waals surface area (Å²) in [5.41, 5.74) is -0.817. The van der Waals surface area contributed by atoms with Gasteiger partial charge in [0.1, 0.15) is 6.04 Å². The second-order valence-corrected chi connectivity index (χ2v) is 8.57. The van der Waals surface area contributed by atoms with Crippen LogP contribution in [0.3, 0.4) is 0 Å². The number of halogens is 3. The molecule has 0 aliphatic carbocycles. The Hall–Kier alpha value is -1.42. The van der Waals surface area contributed by atoms with E-state index in [0.717, 1.165) is 42.0 Å². The lowest BCUT2D eigenvalue weighted by Crippen LogP contribution is -2.50. The summed E-state index contributed by atoms with van der Waals surface area (Å²) in [6.45, 7) is 1.97. The van der Waals surface area contributed by atoms with Crippen molar-refractivity contribution in [3.8, 4) is 0 Å². The van der Waals surface area contributed by atoms with Gasteiger partial charge in [-0.05, 0) is 25.0 Å². The molecule has 0 unspecified atom stereocenters. The van der Waals surface area contributed by atoms with Gasteiger partial charge >= 0.3 is 6.18 Å². The molecule has 1 atom stereocenters. The quantitative estimate of drug-likeness (QED) is 0.703. The number of carbonyl (C=O) groups is 2. The highest BCUT2D eigenvalue weighted by Crippen LogP contribution is 2.30. The Morgan fingerprint density at radius 3 is 2.59 bits per heavy atom. The van der Waals surface area contributed by atoms with E-state index in [1.54, 1.807) is 4.90 Å². The minimum absolute atomic E-state index is 0.0128. The van der Waals surface area contributed by atoms with Gasteiger partial charge < -0.3 is 9.80 Å². The lowest BCUT2D eigenvalue weighted by Gasteiger charge is -2.32. The zero-order valence-corrected chi connectivity index (χ0v) is 16.2. The van der Waals surface area contributed by atoms with Crippen LogP contribution < -0.4 is 0 Å². The van der Waals surface area contributed by atoms with Gasteiger partial charge in [-0.1, -0.05) is 11.8 Å². The van der Waals surface area contributed by atoms with Crippen molar-refractivity contribution in [3.63, 3.8) is 0 Å². The Morgan fingerprint density at radius 2 is 1.96 bits per heavy atom. The number of carbonyl (C=O) groups excluding carboxylic acids is 2. The van der Waals surface area contributed by atoms with E-state index in [9.17, 15) is 22.8 Å². The van der Waals surface area contributed by atoms with Gasteiger partial charge in [0.2, 0.25) is 11.8 Å². The van der Waals surface area contributed by atoms with Crippen molar-refractivity contribution in [2.45, 2.75) is 30.1 Å². The molecular formula is C17H20F3N3O2S2. The fraction of sp³-hybridized carbons (Fsp3) is 0.588. The van der Waals surface area contributed by atoms with E-state index in [2.05, 4.69) is 4.98 Å². The third-order valence-corrected chi connectivity index (χ3v) is 6.46. The third-order valence-electron chi connectivity index (χ3n) is 4.59. The Bertz CT molecular complexity index is 679. The second kappa shape index (κ2) is 8.72. The van der Waals surface area contributed by atoms with Crippen LogP contribution in [0.25, 0.3) is 0 Å². The number of pyridine rings is 1. The van der Waals surface area contributed by atoms with E-state index in [-0.39, 0.29) is 17.6 Å². The minimum atomic E-state index is -4.43. The van der Waals surface area contributed by atoms with Crippen LogP contribution in [0.2, 0.25) is 0 Å². The highest BCUT2D eigenvalue weighted by molar-refractivity contribution is 8.00. The van der Waals surface area contributed by atoms with E-state index < -0.39 is 17.8 Å². The molecule has 148 valence electrons. The number of rotatable bonds is 4. The Labute approximate surface area is 164 Å².